The summed E-state index contributed by atoms with van der Waals surface area (Å²) < 4.78 is 13.0. The van der Waals surface area contributed by atoms with E-state index in [-0.39, 0.29) is 11.2 Å². The first-order valence-electron chi connectivity index (χ1n) is 5.94. The van der Waals surface area contributed by atoms with Gasteiger partial charge in [0.2, 0.25) is 0 Å². The Morgan fingerprint density at radius 2 is 1.72 bits per heavy atom. The molecule has 2 rings (SSSR count). The molecule has 0 aliphatic heterocycles. The highest BCUT2D eigenvalue weighted by Crippen LogP contribution is 2.31. The molecule has 0 saturated heterocycles. The quantitative estimate of drug-likeness (QED) is 0.642. The van der Waals surface area contributed by atoms with E-state index >= 15 is 0 Å². The van der Waals surface area contributed by atoms with Crippen LogP contribution >= 0.6 is 11.6 Å². The highest BCUT2D eigenvalue weighted by atomic mass is 35.5. The van der Waals surface area contributed by atoms with Crippen molar-refractivity contribution in [2.24, 2.45) is 0 Å². The molecule has 0 atom stereocenters. The van der Waals surface area contributed by atoms with Gasteiger partial charge in [-0.1, -0.05) is 56.6 Å². The molecule has 0 bridgehead atoms. The fourth-order valence-electron chi connectivity index (χ4n) is 1.88. The van der Waals surface area contributed by atoms with Gasteiger partial charge in [-0.15, -0.1) is 0 Å². The summed E-state index contributed by atoms with van der Waals surface area (Å²) in [6.07, 6.45) is 0. The smallest absolute Gasteiger partial charge is 0.124 e. The molecule has 0 N–H and O–H groups in total. The van der Waals surface area contributed by atoms with E-state index in [1.807, 2.05) is 12.1 Å². The molecule has 0 heterocycles. The van der Waals surface area contributed by atoms with Crippen LogP contribution in [0, 0.1) is 5.82 Å². The predicted octanol–water partition coefficient (Wildman–Crippen LogP) is 5.44. The van der Waals surface area contributed by atoms with Gasteiger partial charge >= 0.3 is 0 Å². The van der Waals surface area contributed by atoms with E-state index in [0.29, 0.717) is 5.02 Å². The maximum Gasteiger partial charge on any atom is 0.124 e. The van der Waals surface area contributed by atoms with Crippen molar-refractivity contribution in [3.8, 4) is 11.1 Å². The molecule has 0 fully saturated rings. The third kappa shape index (κ3) is 2.73. The first-order valence-corrected chi connectivity index (χ1v) is 6.32. The molecule has 0 amide bonds. The van der Waals surface area contributed by atoms with Gasteiger partial charge in [0.1, 0.15) is 5.82 Å². The first-order chi connectivity index (χ1) is 8.38. The molecule has 0 spiro atoms. The van der Waals surface area contributed by atoms with Crippen LogP contribution in [0.3, 0.4) is 0 Å². The largest absolute Gasteiger partial charge is 0.207 e. The zero-order valence-corrected chi connectivity index (χ0v) is 11.6. The fraction of sp³-hybridized carbons (Fsp3) is 0.250. The van der Waals surface area contributed by atoms with Crippen LogP contribution in [-0.2, 0) is 5.41 Å². The maximum atomic E-state index is 13.0. The van der Waals surface area contributed by atoms with Crippen LogP contribution in [0.25, 0.3) is 11.1 Å². The van der Waals surface area contributed by atoms with E-state index in [2.05, 4.69) is 32.9 Å². The second-order valence-electron chi connectivity index (χ2n) is 5.45. The molecule has 0 aromatic heterocycles. The molecule has 0 aliphatic carbocycles. The molecule has 0 radical (unpaired) electrons. The van der Waals surface area contributed by atoms with Crippen molar-refractivity contribution in [3.05, 3.63) is 58.9 Å². The SMILES string of the molecule is CC(C)(C)c1cccc(-c2ccc(F)cc2Cl)c1. The number of benzene rings is 2. The van der Waals surface area contributed by atoms with Crippen LogP contribution in [0.2, 0.25) is 5.02 Å². The summed E-state index contributed by atoms with van der Waals surface area (Å²) in [5, 5.41) is 0.445. The van der Waals surface area contributed by atoms with Gasteiger partial charge in [0.15, 0.2) is 0 Å². The van der Waals surface area contributed by atoms with Crippen molar-refractivity contribution < 1.29 is 4.39 Å². The van der Waals surface area contributed by atoms with Gasteiger partial charge in [-0.2, -0.15) is 0 Å². The van der Waals surface area contributed by atoms with E-state index < -0.39 is 0 Å². The molecule has 2 heteroatoms. The van der Waals surface area contributed by atoms with Gasteiger partial charge in [-0.3, -0.25) is 0 Å². The molecule has 2 aromatic rings. The highest BCUT2D eigenvalue weighted by Gasteiger charge is 2.14. The van der Waals surface area contributed by atoms with Crippen molar-refractivity contribution in [1.82, 2.24) is 0 Å². The molecule has 0 nitrogen and oxygen atoms in total. The lowest BCUT2D eigenvalue weighted by molar-refractivity contribution is 0.590. The summed E-state index contributed by atoms with van der Waals surface area (Å²) in [7, 11) is 0. The lowest BCUT2D eigenvalue weighted by Gasteiger charge is -2.20. The minimum atomic E-state index is -0.310. The van der Waals surface area contributed by atoms with Crippen LogP contribution in [-0.4, -0.2) is 0 Å². The predicted molar refractivity (Wildman–Crippen MR) is 75.5 cm³/mol. The van der Waals surface area contributed by atoms with Crippen LogP contribution in [0.15, 0.2) is 42.5 Å². The Labute approximate surface area is 112 Å². The lowest BCUT2D eigenvalue weighted by Crippen LogP contribution is -2.10. The third-order valence-electron chi connectivity index (χ3n) is 2.97. The minimum absolute atomic E-state index is 0.0858. The zero-order valence-electron chi connectivity index (χ0n) is 10.8. The van der Waals surface area contributed by atoms with Crippen molar-refractivity contribution >= 4 is 11.6 Å². The van der Waals surface area contributed by atoms with Gasteiger partial charge in [-0.05, 0) is 34.7 Å². The van der Waals surface area contributed by atoms with E-state index in [1.54, 1.807) is 6.07 Å². The molecule has 18 heavy (non-hydrogen) atoms. The Bertz CT molecular complexity index is 568. The number of halogens is 2. The van der Waals surface area contributed by atoms with Crippen molar-refractivity contribution in [2.45, 2.75) is 26.2 Å². The Morgan fingerprint density at radius 3 is 2.33 bits per heavy atom. The molecule has 2 aromatic carbocycles. The average molecular weight is 263 g/mol. The van der Waals surface area contributed by atoms with Crippen LogP contribution in [0.4, 0.5) is 4.39 Å². The standard InChI is InChI=1S/C16H16ClF/c1-16(2,3)12-6-4-5-11(9-12)14-8-7-13(18)10-15(14)17/h4-10H,1-3H3. The van der Waals surface area contributed by atoms with Crippen LogP contribution in [0.5, 0.6) is 0 Å². The summed E-state index contributed by atoms with van der Waals surface area (Å²) in [5.41, 5.74) is 3.21. The number of hydrogen-bond donors (Lipinski definition) is 0. The van der Waals surface area contributed by atoms with Crippen molar-refractivity contribution in [1.29, 1.82) is 0 Å². The Hall–Kier alpha value is -1.34. The normalized spacial score (nSPS) is 11.6. The molecule has 0 unspecified atom stereocenters. The number of hydrogen-bond acceptors (Lipinski definition) is 0. The second kappa shape index (κ2) is 4.74. The first kappa shape index (κ1) is 13.1. The highest BCUT2D eigenvalue weighted by molar-refractivity contribution is 6.33. The van der Waals surface area contributed by atoms with Gasteiger partial charge in [0, 0.05) is 5.56 Å². The van der Waals surface area contributed by atoms with Crippen molar-refractivity contribution in [2.75, 3.05) is 0 Å². The van der Waals surface area contributed by atoms with Gasteiger partial charge in [0.05, 0.1) is 5.02 Å². The molecule has 0 aliphatic rings. The topological polar surface area (TPSA) is 0 Å². The van der Waals surface area contributed by atoms with E-state index in [1.165, 1.54) is 17.7 Å². The van der Waals surface area contributed by atoms with Gasteiger partial charge < -0.3 is 0 Å². The monoisotopic (exact) mass is 262 g/mol. The third-order valence-corrected chi connectivity index (χ3v) is 3.28. The lowest BCUT2D eigenvalue weighted by atomic mass is 9.85. The summed E-state index contributed by atoms with van der Waals surface area (Å²) in [5.74, 6) is -0.310. The van der Waals surface area contributed by atoms with E-state index in [4.69, 9.17) is 11.6 Å². The Morgan fingerprint density at radius 1 is 1.00 bits per heavy atom. The molecule has 94 valence electrons. The van der Waals surface area contributed by atoms with Gasteiger partial charge in [-0.25, -0.2) is 4.39 Å². The van der Waals surface area contributed by atoms with Crippen molar-refractivity contribution in [3.63, 3.8) is 0 Å². The zero-order chi connectivity index (χ0) is 13.3. The molecule has 0 saturated carbocycles. The minimum Gasteiger partial charge on any atom is -0.207 e. The average Bonchev–Trinajstić information content (AvgIpc) is 2.28. The maximum absolute atomic E-state index is 13.0. The summed E-state index contributed by atoms with van der Waals surface area (Å²) in [6, 6.07) is 12.7. The molecular formula is C16H16ClF. The summed E-state index contributed by atoms with van der Waals surface area (Å²) in [6.45, 7) is 6.50. The van der Waals surface area contributed by atoms with Crippen LogP contribution < -0.4 is 0 Å². The van der Waals surface area contributed by atoms with E-state index in [9.17, 15) is 4.39 Å². The summed E-state index contributed by atoms with van der Waals surface area (Å²) in [4.78, 5) is 0. The molecular weight excluding hydrogens is 247 g/mol. The fourth-order valence-corrected chi connectivity index (χ4v) is 2.15. The Balaban J connectivity index is 2.51. The second-order valence-corrected chi connectivity index (χ2v) is 5.86. The Kier molecular flexibility index (Phi) is 3.45. The van der Waals surface area contributed by atoms with E-state index in [0.717, 1.165) is 11.1 Å². The van der Waals surface area contributed by atoms with Gasteiger partial charge in [0.25, 0.3) is 0 Å². The summed E-state index contributed by atoms with van der Waals surface area (Å²) >= 11 is 6.09. The van der Waals surface area contributed by atoms with Crippen LogP contribution in [0.1, 0.15) is 26.3 Å². The number of rotatable bonds is 1.